The first-order valence-electron chi connectivity index (χ1n) is 9.05. The maximum atomic E-state index is 14.6. The van der Waals surface area contributed by atoms with Crippen molar-refractivity contribution in [3.8, 4) is 11.1 Å². The van der Waals surface area contributed by atoms with Crippen molar-refractivity contribution in [1.82, 2.24) is 4.57 Å². The second-order valence-corrected chi connectivity index (χ2v) is 6.82. The molecule has 1 N–H and O–H groups in total. The smallest absolute Gasteiger partial charge is 0.335 e. The topological polar surface area (TPSA) is 59.3 Å². The predicted molar refractivity (Wildman–Crippen MR) is 105 cm³/mol. The van der Waals surface area contributed by atoms with Crippen LogP contribution in [0.1, 0.15) is 17.3 Å². The van der Waals surface area contributed by atoms with Gasteiger partial charge in [0.15, 0.2) is 5.43 Å². The number of halogens is 4. The maximum absolute atomic E-state index is 14.6. The molecular weight excluding hydrogens is 414 g/mol. The third-order valence-corrected chi connectivity index (χ3v) is 4.97. The Kier molecular flexibility index (Phi) is 5.06. The van der Waals surface area contributed by atoms with Gasteiger partial charge in [0.1, 0.15) is 23.3 Å². The van der Waals surface area contributed by atoms with Crippen LogP contribution in [0.5, 0.6) is 0 Å². The first-order chi connectivity index (χ1) is 14.8. The van der Waals surface area contributed by atoms with Gasteiger partial charge < -0.3 is 9.67 Å². The number of rotatable bonds is 3. The van der Waals surface area contributed by atoms with Gasteiger partial charge in [0, 0.05) is 23.9 Å². The highest BCUT2D eigenvalue weighted by molar-refractivity contribution is 5.92. The summed E-state index contributed by atoms with van der Waals surface area (Å²) < 4.78 is 58.3. The summed E-state index contributed by atoms with van der Waals surface area (Å²) in [5.74, 6) is -5.08. The summed E-state index contributed by atoms with van der Waals surface area (Å²) in [7, 11) is 0. The Hall–Kier alpha value is -3.94. The zero-order valence-electron chi connectivity index (χ0n) is 15.7. The highest BCUT2D eigenvalue weighted by Crippen LogP contribution is 2.34. The minimum atomic E-state index is -1.34. The van der Waals surface area contributed by atoms with Crippen molar-refractivity contribution in [3.05, 3.63) is 111 Å². The summed E-state index contributed by atoms with van der Waals surface area (Å²) in [5.41, 5.74) is -2.01. The van der Waals surface area contributed by atoms with Crippen molar-refractivity contribution >= 4 is 12.0 Å². The molecule has 0 bridgehead atoms. The molecule has 1 aromatic heterocycles. The summed E-state index contributed by atoms with van der Waals surface area (Å²) in [6.07, 6.45) is 4.85. The summed E-state index contributed by atoms with van der Waals surface area (Å²) in [4.78, 5) is 24.3. The van der Waals surface area contributed by atoms with Crippen LogP contribution in [-0.4, -0.2) is 15.6 Å². The van der Waals surface area contributed by atoms with Gasteiger partial charge in [-0.1, -0.05) is 12.1 Å². The van der Waals surface area contributed by atoms with E-state index in [2.05, 4.69) is 0 Å². The fraction of sp³-hybridized carbons (Fsp3) is 0.0435. The van der Waals surface area contributed by atoms with E-state index in [4.69, 9.17) is 0 Å². The number of hydrogen-bond donors (Lipinski definition) is 1. The van der Waals surface area contributed by atoms with Crippen LogP contribution < -0.4 is 5.43 Å². The van der Waals surface area contributed by atoms with Crippen LogP contribution in [-0.2, 0) is 4.79 Å². The van der Waals surface area contributed by atoms with Crippen LogP contribution in [0.2, 0.25) is 0 Å². The van der Waals surface area contributed by atoms with Gasteiger partial charge in [-0.3, -0.25) is 4.79 Å². The summed E-state index contributed by atoms with van der Waals surface area (Å²) >= 11 is 0. The normalized spacial score (nSPS) is 15.2. The number of nitrogens with zero attached hydrogens (tertiary/aromatic N) is 1. The van der Waals surface area contributed by atoms with Gasteiger partial charge in [0.2, 0.25) is 0 Å². The molecule has 0 amide bonds. The van der Waals surface area contributed by atoms with Crippen molar-refractivity contribution in [2.24, 2.45) is 0 Å². The Morgan fingerprint density at radius 1 is 0.903 bits per heavy atom. The van der Waals surface area contributed by atoms with Crippen molar-refractivity contribution < 1.29 is 27.5 Å². The van der Waals surface area contributed by atoms with Crippen LogP contribution in [0, 0.1) is 23.3 Å². The molecule has 8 heteroatoms. The van der Waals surface area contributed by atoms with E-state index in [-0.39, 0.29) is 22.4 Å². The second kappa shape index (κ2) is 7.71. The van der Waals surface area contributed by atoms with E-state index in [1.807, 2.05) is 0 Å². The molecule has 156 valence electrons. The zero-order valence-corrected chi connectivity index (χ0v) is 15.7. The summed E-state index contributed by atoms with van der Waals surface area (Å²) in [6, 6.07) is 5.82. The number of pyridine rings is 1. The first-order valence-corrected chi connectivity index (χ1v) is 9.05. The molecule has 4 rings (SSSR count). The van der Waals surface area contributed by atoms with Gasteiger partial charge in [-0.05, 0) is 36.4 Å². The average Bonchev–Trinajstić information content (AvgIpc) is 2.89. The number of aromatic nitrogens is 1. The minimum Gasteiger partial charge on any atom is -0.478 e. The largest absolute Gasteiger partial charge is 0.478 e. The van der Waals surface area contributed by atoms with E-state index in [0.717, 1.165) is 42.5 Å². The van der Waals surface area contributed by atoms with E-state index in [1.165, 1.54) is 22.9 Å². The molecule has 1 unspecified atom stereocenters. The highest BCUT2D eigenvalue weighted by atomic mass is 19.1. The molecule has 1 aliphatic heterocycles. The third-order valence-electron chi connectivity index (χ3n) is 4.97. The fourth-order valence-electron chi connectivity index (χ4n) is 3.57. The molecule has 0 saturated heterocycles. The number of fused-ring (bicyclic) bond motifs is 1. The molecule has 31 heavy (non-hydrogen) atoms. The van der Waals surface area contributed by atoms with E-state index in [0.29, 0.717) is 6.07 Å². The number of hydrogen-bond acceptors (Lipinski definition) is 2. The molecule has 1 aliphatic rings. The molecule has 0 radical (unpaired) electrons. The Morgan fingerprint density at radius 3 is 2.26 bits per heavy atom. The van der Waals surface area contributed by atoms with Gasteiger partial charge in [-0.25, -0.2) is 22.4 Å². The third kappa shape index (κ3) is 3.56. The lowest BCUT2D eigenvalue weighted by molar-refractivity contribution is -0.132. The van der Waals surface area contributed by atoms with Gasteiger partial charge >= 0.3 is 5.97 Å². The highest BCUT2D eigenvalue weighted by Gasteiger charge is 2.26. The predicted octanol–water partition coefficient (Wildman–Crippen LogP) is 4.70. The Morgan fingerprint density at radius 2 is 1.61 bits per heavy atom. The fourth-order valence-corrected chi connectivity index (χ4v) is 3.57. The lowest BCUT2D eigenvalue weighted by Crippen LogP contribution is -2.19. The molecule has 2 aromatic carbocycles. The Balaban J connectivity index is 2.07. The maximum Gasteiger partial charge on any atom is 0.335 e. The van der Waals surface area contributed by atoms with Gasteiger partial charge in [0.05, 0.1) is 28.4 Å². The average molecular weight is 427 g/mol. The van der Waals surface area contributed by atoms with Gasteiger partial charge in [0.25, 0.3) is 0 Å². The number of aliphatic carboxylic acids is 1. The van der Waals surface area contributed by atoms with Crippen LogP contribution >= 0.6 is 0 Å². The molecule has 0 saturated carbocycles. The molecular formula is C23H13F4NO3. The monoisotopic (exact) mass is 427 g/mol. The van der Waals surface area contributed by atoms with E-state index in [9.17, 15) is 32.3 Å². The van der Waals surface area contributed by atoms with Crippen LogP contribution in [0.15, 0.2) is 71.2 Å². The quantitative estimate of drug-likeness (QED) is 0.617. The lowest BCUT2D eigenvalue weighted by Gasteiger charge is -2.22. The minimum absolute atomic E-state index is 0.0299. The van der Waals surface area contributed by atoms with Crippen molar-refractivity contribution in [2.45, 2.75) is 6.04 Å². The number of carbonyl (C=O) groups is 1. The zero-order chi connectivity index (χ0) is 22.3. The first kappa shape index (κ1) is 20.3. The van der Waals surface area contributed by atoms with E-state index in [1.54, 1.807) is 0 Å². The Labute approximate surface area is 173 Å². The lowest BCUT2D eigenvalue weighted by atomic mass is 9.99. The van der Waals surface area contributed by atoms with Crippen LogP contribution in [0.4, 0.5) is 17.6 Å². The second-order valence-electron chi connectivity index (χ2n) is 6.82. The molecule has 2 heterocycles. The van der Waals surface area contributed by atoms with Gasteiger partial charge in [-0.15, -0.1) is 0 Å². The van der Waals surface area contributed by atoms with E-state index < -0.39 is 46.3 Å². The van der Waals surface area contributed by atoms with Crippen molar-refractivity contribution in [2.75, 3.05) is 0 Å². The molecule has 1 atom stereocenters. The van der Waals surface area contributed by atoms with E-state index >= 15 is 0 Å². The molecule has 3 aromatic rings. The number of carboxylic acid groups (broad SMARTS) is 1. The molecule has 0 aliphatic carbocycles. The summed E-state index contributed by atoms with van der Waals surface area (Å²) in [5, 5.41) is 9.49. The van der Waals surface area contributed by atoms with Crippen LogP contribution in [0.3, 0.4) is 0 Å². The molecule has 0 spiro atoms. The summed E-state index contributed by atoms with van der Waals surface area (Å²) in [6.45, 7) is 0. The standard InChI is InChI=1S/C23H13F4NO3/c24-13-5-6-14(17(27)11-13)19-10-12(23(30)31)4-7-18-22(20(29)8-9-28(18)19)21-15(25)2-1-3-16(21)26/h1-11,19H,(H,30,31). The SMILES string of the molecule is O=C(O)C1=CC(c2ccc(F)cc2F)n2ccc(=O)c(-c3c(F)cccc3F)c2C=C1. The number of benzene rings is 2. The van der Waals surface area contributed by atoms with Gasteiger partial charge in [-0.2, -0.15) is 0 Å². The Bertz CT molecular complexity index is 1320. The van der Waals surface area contributed by atoms with Crippen LogP contribution in [0.25, 0.3) is 17.2 Å². The number of allylic oxidation sites excluding steroid dienone is 1. The van der Waals surface area contributed by atoms with Crippen molar-refractivity contribution in [3.63, 3.8) is 0 Å². The number of carboxylic acids is 1. The van der Waals surface area contributed by atoms with Crippen molar-refractivity contribution in [1.29, 1.82) is 0 Å². The molecule has 4 nitrogen and oxygen atoms in total. The molecule has 0 fully saturated rings.